The van der Waals surface area contributed by atoms with Gasteiger partial charge in [-0.15, -0.1) is 0 Å². The summed E-state index contributed by atoms with van der Waals surface area (Å²) < 4.78 is 7.59. The third-order valence-electron chi connectivity index (χ3n) is 7.35. The molecule has 2 aromatic carbocycles. The Morgan fingerprint density at radius 3 is 2.67 bits per heavy atom. The molecule has 39 heavy (non-hydrogen) atoms. The molecule has 0 amide bonds. The Balaban J connectivity index is 1.20. The van der Waals surface area contributed by atoms with E-state index in [0.717, 1.165) is 42.1 Å². The van der Waals surface area contributed by atoms with Gasteiger partial charge < -0.3 is 9.64 Å². The number of hydrogen-bond acceptors (Lipinski definition) is 6. The summed E-state index contributed by atoms with van der Waals surface area (Å²) in [5, 5.41) is 13.8. The van der Waals surface area contributed by atoms with E-state index in [1.165, 1.54) is 23.6 Å². The number of nitriles is 1. The van der Waals surface area contributed by atoms with Gasteiger partial charge in [-0.3, -0.25) is 9.79 Å². The van der Waals surface area contributed by atoms with Crippen LogP contribution in [0.2, 0.25) is 0 Å². The van der Waals surface area contributed by atoms with Gasteiger partial charge in [-0.25, -0.2) is 4.68 Å². The predicted molar refractivity (Wildman–Crippen MR) is 157 cm³/mol. The van der Waals surface area contributed by atoms with Gasteiger partial charge in [-0.05, 0) is 80.8 Å². The van der Waals surface area contributed by atoms with Gasteiger partial charge >= 0.3 is 0 Å². The van der Waals surface area contributed by atoms with Crippen LogP contribution in [-0.4, -0.2) is 46.6 Å². The minimum Gasteiger partial charge on any atom is -0.492 e. The van der Waals surface area contributed by atoms with Gasteiger partial charge in [0.05, 0.1) is 42.5 Å². The summed E-state index contributed by atoms with van der Waals surface area (Å²) >= 11 is 0. The molecular weight excluding hydrogens is 505 g/mol. The highest BCUT2D eigenvalue weighted by atomic mass is 31.1. The molecule has 1 aromatic heterocycles. The van der Waals surface area contributed by atoms with Gasteiger partial charge in [0, 0.05) is 17.7 Å². The SMILES string of the molecule is CC(C)N1CCC(COC2=CPC(c3cccc(Cn4nc(-c5cccc(C#N)c5)ccc4=O)c3)N=C2)CC1. The van der Waals surface area contributed by atoms with Gasteiger partial charge in [0.1, 0.15) is 5.76 Å². The first-order valence-electron chi connectivity index (χ1n) is 13.5. The number of nitrogens with zero attached hydrogens (tertiary/aromatic N) is 5. The fraction of sp³-hybridized carbons (Fsp3) is 0.355. The van der Waals surface area contributed by atoms with Crippen LogP contribution in [0.4, 0.5) is 0 Å². The van der Waals surface area contributed by atoms with Crippen molar-refractivity contribution in [2.45, 2.75) is 45.1 Å². The van der Waals surface area contributed by atoms with E-state index < -0.39 is 0 Å². The van der Waals surface area contributed by atoms with Gasteiger partial charge in [0.2, 0.25) is 0 Å². The summed E-state index contributed by atoms with van der Waals surface area (Å²) in [6, 6.07) is 21.4. The van der Waals surface area contributed by atoms with E-state index in [0.29, 0.717) is 38.3 Å². The van der Waals surface area contributed by atoms with Crippen LogP contribution in [0.5, 0.6) is 0 Å². The fourth-order valence-electron chi connectivity index (χ4n) is 5.00. The van der Waals surface area contributed by atoms with Crippen LogP contribution >= 0.6 is 8.58 Å². The Hall–Kier alpha value is -3.59. The van der Waals surface area contributed by atoms with Crippen LogP contribution in [0, 0.1) is 17.2 Å². The molecule has 7 nitrogen and oxygen atoms in total. The summed E-state index contributed by atoms with van der Waals surface area (Å²) in [5.74, 6) is 3.70. The quantitative estimate of drug-likeness (QED) is 0.350. The zero-order chi connectivity index (χ0) is 27.2. The number of aliphatic imine (C=N–C) groups is 1. The second-order valence-corrected chi connectivity index (χ2v) is 11.6. The average molecular weight is 540 g/mol. The summed E-state index contributed by atoms with van der Waals surface area (Å²) in [4.78, 5) is 19.9. The van der Waals surface area contributed by atoms with Crippen LogP contribution in [0.1, 0.15) is 49.2 Å². The highest BCUT2D eigenvalue weighted by Gasteiger charge is 2.22. The molecule has 0 aliphatic carbocycles. The predicted octanol–water partition coefficient (Wildman–Crippen LogP) is 5.57. The Labute approximate surface area is 231 Å². The Bertz CT molecular complexity index is 1460. The topological polar surface area (TPSA) is 83.5 Å². The zero-order valence-corrected chi connectivity index (χ0v) is 23.5. The maximum absolute atomic E-state index is 12.6. The van der Waals surface area contributed by atoms with Gasteiger partial charge in [-0.2, -0.15) is 10.4 Å². The molecule has 2 aliphatic heterocycles. The van der Waals surface area contributed by atoms with E-state index in [1.54, 1.807) is 18.2 Å². The van der Waals surface area contributed by atoms with E-state index in [9.17, 15) is 10.1 Å². The van der Waals surface area contributed by atoms with Crippen LogP contribution in [0.25, 0.3) is 11.3 Å². The molecule has 0 bridgehead atoms. The Morgan fingerprint density at radius 1 is 1.10 bits per heavy atom. The number of benzene rings is 2. The molecule has 0 saturated carbocycles. The van der Waals surface area contributed by atoms with Crippen molar-refractivity contribution in [3.8, 4) is 17.3 Å². The number of ether oxygens (including phenoxy) is 1. The smallest absolute Gasteiger partial charge is 0.267 e. The summed E-state index contributed by atoms with van der Waals surface area (Å²) in [6.45, 7) is 7.95. The zero-order valence-electron chi connectivity index (χ0n) is 22.5. The fourth-order valence-corrected chi connectivity index (χ4v) is 6.01. The van der Waals surface area contributed by atoms with E-state index in [1.807, 2.05) is 30.5 Å². The molecule has 5 rings (SSSR count). The molecule has 0 N–H and O–H groups in total. The molecule has 2 atom stereocenters. The standard InChI is InChI=1S/C31H34N5O2P/c1-22(2)35-13-11-23(12-14-35)20-38-28-18-33-31(39-21-28)27-8-4-6-25(16-27)19-36-30(37)10-9-29(34-36)26-7-3-5-24(15-26)17-32/h3-10,15-16,18,21-23,31,39H,11-14,19-20H2,1-2H3. The number of rotatable bonds is 8. The first-order chi connectivity index (χ1) is 19.0. The first-order valence-corrected chi connectivity index (χ1v) is 14.7. The van der Waals surface area contributed by atoms with Crippen molar-refractivity contribution in [3.63, 3.8) is 0 Å². The molecule has 3 heterocycles. The number of likely N-dealkylation sites (tertiary alicyclic amines) is 1. The summed E-state index contributed by atoms with van der Waals surface area (Å²) in [6.07, 6.45) is 4.24. The lowest BCUT2D eigenvalue weighted by atomic mass is 9.97. The van der Waals surface area contributed by atoms with Gasteiger partial charge in [-0.1, -0.05) is 45.0 Å². The second-order valence-electron chi connectivity index (χ2n) is 10.4. The largest absolute Gasteiger partial charge is 0.492 e. The van der Waals surface area contributed by atoms with E-state index in [2.05, 4.69) is 47.9 Å². The van der Waals surface area contributed by atoms with Crippen molar-refractivity contribution in [1.82, 2.24) is 14.7 Å². The lowest BCUT2D eigenvalue weighted by Gasteiger charge is -2.34. The van der Waals surface area contributed by atoms with Crippen LogP contribution in [-0.2, 0) is 11.3 Å². The average Bonchev–Trinajstić information content (AvgIpc) is 2.98. The lowest BCUT2D eigenvalue weighted by Crippen LogP contribution is -2.39. The van der Waals surface area contributed by atoms with Gasteiger partial charge in [0.15, 0.2) is 0 Å². The molecule has 0 spiro atoms. The molecule has 1 saturated heterocycles. The highest BCUT2D eigenvalue weighted by molar-refractivity contribution is 7.42. The maximum atomic E-state index is 12.6. The molecule has 0 radical (unpaired) electrons. The Kier molecular flexibility index (Phi) is 8.66. The highest BCUT2D eigenvalue weighted by Crippen LogP contribution is 2.40. The molecule has 2 aliphatic rings. The maximum Gasteiger partial charge on any atom is 0.267 e. The molecular formula is C31H34N5O2P. The summed E-state index contributed by atoms with van der Waals surface area (Å²) in [5.41, 5.74) is 3.96. The monoisotopic (exact) mass is 539 g/mol. The van der Waals surface area contributed by atoms with Crippen molar-refractivity contribution < 1.29 is 4.74 Å². The van der Waals surface area contributed by atoms with Crippen molar-refractivity contribution in [2.75, 3.05) is 19.7 Å². The number of aromatic nitrogens is 2. The van der Waals surface area contributed by atoms with E-state index >= 15 is 0 Å². The third kappa shape index (κ3) is 6.89. The van der Waals surface area contributed by atoms with Crippen LogP contribution in [0.3, 0.4) is 0 Å². The minimum atomic E-state index is -0.169. The molecule has 3 aromatic rings. The lowest BCUT2D eigenvalue weighted by molar-refractivity contribution is 0.0988. The molecule has 200 valence electrons. The van der Waals surface area contributed by atoms with E-state index in [4.69, 9.17) is 9.73 Å². The molecule has 8 heteroatoms. The van der Waals surface area contributed by atoms with Crippen LogP contribution in [0.15, 0.2) is 82.0 Å². The van der Waals surface area contributed by atoms with E-state index in [-0.39, 0.29) is 11.3 Å². The number of hydrogen-bond donors (Lipinski definition) is 0. The number of piperidine rings is 1. The van der Waals surface area contributed by atoms with Crippen LogP contribution < -0.4 is 5.56 Å². The van der Waals surface area contributed by atoms with Gasteiger partial charge in [0.25, 0.3) is 5.56 Å². The third-order valence-corrected chi connectivity index (χ3v) is 8.60. The molecule has 2 unspecified atom stereocenters. The van der Waals surface area contributed by atoms with Crippen molar-refractivity contribution >= 4 is 14.8 Å². The minimum absolute atomic E-state index is 0.0521. The second kappa shape index (κ2) is 12.5. The summed E-state index contributed by atoms with van der Waals surface area (Å²) in [7, 11) is 0.498. The van der Waals surface area contributed by atoms with Crippen molar-refractivity contribution in [1.29, 1.82) is 5.26 Å². The Morgan fingerprint density at radius 2 is 1.92 bits per heavy atom. The normalized spacial score (nSPS) is 18.7. The molecule has 1 fully saturated rings. The van der Waals surface area contributed by atoms with Crippen molar-refractivity contribution in [2.24, 2.45) is 10.9 Å². The van der Waals surface area contributed by atoms with Crippen molar-refractivity contribution in [3.05, 3.63) is 99.3 Å². The number of allylic oxidation sites excluding steroid dienone is 1. The first kappa shape index (κ1) is 27.0.